The van der Waals surface area contributed by atoms with E-state index in [0.29, 0.717) is 6.07 Å². The van der Waals surface area contributed by atoms with E-state index in [9.17, 15) is 17.2 Å². The molecule has 0 fully saturated rings. The highest BCUT2D eigenvalue weighted by atomic mass is 79.9. The zero-order chi connectivity index (χ0) is 13.3. The maximum absolute atomic E-state index is 13.5. The Morgan fingerprint density at radius 1 is 1.33 bits per heavy atom. The number of hydrogen-bond donors (Lipinski definition) is 2. The van der Waals surface area contributed by atoms with Gasteiger partial charge in [0, 0.05) is 10.5 Å². The summed E-state index contributed by atoms with van der Waals surface area (Å²) >= 11 is 2.88. The predicted octanol–water partition coefficient (Wildman–Crippen LogP) is 2.25. The van der Waals surface area contributed by atoms with Crippen LogP contribution in [0, 0.1) is 11.6 Å². The maximum atomic E-state index is 13.5. The van der Waals surface area contributed by atoms with E-state index < -0.39 is 21.7 Å². The van der Waals surface area contributed by atoms with Crippen molar-refractivity contribution in [2.24, 2.45) is 0 Å². The van der Waals surface area contributed by atoms with Crippen LogP contribution in [0.3, 0.4) is 0 Å². The number of sulfonamides is 1. The standard InChI is InChI=1S/C9H6BrF2N3O2S/c10-6-3-5(11)4-7(12)9(6)15-18(16,17)8-1-2-13-14-8/h1-4,15H,(H,13,14). The Balaban J connectivity index is 2.42. The summed E-state index contributed by atoms with van der Waals surface area (Å²) in [5.41, 5.74) is -0.369. The van der Waals surface area contributed by atoms with Gasteiger partial charge in [-0.15, -0.1) is 0 Å². The molecule has 0 bridgehead atoms. The van der Waals surface area contributed by atoms with Crippen LogP contribution >= 0.6 is 15.9 Å². The highest BCUT2D eigenvalue weighted by Crippen LogP contribution is 2.28. The van der Waals surface area contributed by atoms with Crippen LogP contribution in [0.25, 0.3) is 0 Å². The third kappa shape index (κ3) is 2.51. The molecular formula is C9H6BrF2N3O2S. The van der Waals surface area contributed by atoms with Gasteiger partial charge in [-0.05, 0) is 28.1 Å². The molecule has 0 aliphatic heterocycles. The number of halogens is 3. The number of H-pyrrole nitrogens is 1. The zero-order valence-corrected chi connectivity index (χ0v) is 11.0. The molecule has 0 saturated carbocycles. The smallest absolute Gasteiger partial charge is 0.274 e. The molecule has 0 saturated heterocycles. The number of aromatic amines is 1. The van der Waals surface area contributed by atoms with Gasteiger partial charge in [0.2, 0.25) is 0 Å². The van der Waals surface area contributed by atoms with Gasteiger partial charge in [-0.25, -0.2) is 8.78 Å². The van der Waals surface area contributed by atoms with Gasteiger partial charge in [-0.1, -0.05) is 0 Å². The van der Waals surface area contributed by atoms with Gasteiger partial charge in [0.1, 0.15) is 5.82 Å². The van der Waals surface area contributed by atoms with Crippen LogP contribution in [0.2, 0.25) is 0 Å². The quantitative estimate of drug-likeness (QED) is 0.901. The first-order valence-electron chi connectivity index (χ1n) is 4.57. The van der Waals surface area contributed by atoms with Gasteiger partial charge in [0.25, 0.3) is 10.0 Å². The minimum absolute atomic E-state index is 0.0388. The van der Waals surface area contributed by atoms with E-state index in [1.165, 1.54) is 12.3 Å². The molecule has 0 radical (unpaired) electrons. The summed E-state index contributed by atoms with van der Waals surface area (Å²) in [5.74, 6) is -1.84. The molecule has 0 unspecified atom stereocenters. The number of nitrogens with zero attached hydrogens (tertiary/aromatic N) is 1. The largest absolute Gasteiger partial charge is 0.278 e. The summed E-state index contributed by atoms with van der Waals surface area (Å²) in [6.45, 7) is 0. The molecule has 18 heavy (non-hydrogen) atoms. The number of aromatic nitrogens is 2. The minimum atomic E-state index is -3.99. The van der Waals surface area contributed by atoms with Crippen molar-refractivity contribution >= 4 is 31.6 Å². The Labute approximate surface area is 109 Å². The normalized spacial score (nSPS) is 11.5. The number of hydrogen-bond acceptors (Lipinski definition) is 3. The van der Waals surface area contributed by atoms with Crippen molar-refractivity contribution < 1.29 is 17.2 Å². The molecule has 2 aromatic rings. The van der Waals surface area contributed by atoms with E-state index in [-0.39, 0.29) is 15.2 Å². The second-order valence-corrected chi connectivity index (χ2v) is 5.78. The summed E-state index contributed by atoms with van der Waals surface area (Å²) in [7, 11) is -3.99. The second-order valence-electron chi connectivity index (χ2n) is 3.27. The second kappa shape index (κ2) is 4.65. The molecule has 9 heteroatoms. The van der Waals surface area contributed by atoms with Gasteiger partial charge >= 0.3 is 0 Å². The lowest BCUT2D eigenvalue weighted by molar-refractivity contribution is 0.580. The Morgan fingerprint density at radius 3 is 2.61 bits per heavy atom. The van der Waals surface area contributed by atoms with E-state index in [4.69, 9.17) is 0 Å². The molecule has 0 spiro atoms. The molecule has 0 aliphatic rings. The Bertz CT molecular complexity index is 650. The zero-order valence-electron chi connectivity index (χ0n) is 8.62. The van der Waals surface area contributed by atoms with E-state index in [0.717, 1.165) is 6.07 Å². The molecule has 1 aromatic carbocycles. The summed E-state index contributed by atoms with van der Waals surface area (Å²) < 4.78 is 51.8. The molecule has 5 nitrogen and oxygen atoms in total. The number of anilines is 1. The third-order valence-corrected chi connectivity index (χ3v) is 3.91. The molecule has 0 atom stereocenters. The third-order valence-electron chi connectivity index (χ3n) is 2.01. The van der Waals surface area contributed by atoms with E-state index in [1.54, 1.807) is 0 Å². The van der Waals surface area contributed by atoms with Gasteiger partial charge in [0.15, 0.2) is 10.8 Å². The average Bonchev–Trinajstić information content (AvgIpc) is 2.77. The number of rotatable bonds is 3. The molecule has 0 amide bonds. The van der Waals surface area contributed by atoms with Crippen molar-refractivity contribution in [1.29, 1.82) is 0 Å². The molecule has 1 heterocycles. The van der Waals surface area contributed by atoms with Gasteiger partial charge in [-0.3, -0.25) is 9.82 Å². The van der Waals surface area contributed by atoms with Crippen LogP contribution in [0.15, 0.2) is 33.9 Å². The first-order chi connectivity index (χ1) is 8.40. The monoisotopic (exact) mass is 337 g/mol. The highest BCUT2D eigenvalue weighted by molar-refractivity contribution is 9.10. The summed E-state index contributed by atoms with van der Waals surface area (Å²) in [6.07, 6.45) is 1.24. The molecule has 2 rings (SSSR count). The first-order valence-corrected chi connectivity index (χ1v) is 6.84. The van der Waals surface area contributed by atoms with E-state index in [1.807, 2.05) is 4.72 Å². The number of nitrogens with one attached hydrogen (secondary N) is 2. The van der Waals surface area contributed by atoms with Crippen LogP contribution in [0.1, 0.15) is 0 Å². The van der Waals surface area contributed by atoms with Crippen LogP contribution in [-0.2, 0) is 10.0 Å². The fourth-order valence-electron chi connectivity index (χ4n) is 1.22. The predicted molar refractivity (Wildman–Crippen MR) is 63.5 cm³/mol. The Hall–Kier alpha value is -1.48. The summed E-state index contributed by atoms with van der Waals surface area (Å²) in [4.78, 5) is 0. The lowest BCUT2D eigenvalue weighted by Crippen LogP contribution is -2.15. The Morgan fingerprint density at radius 2 is 2.06 bits per heavy atom. The van der Waals surface area contributed by atoms with Crippen LogP contribution < -0.4 is 4.72 Å². The van der Waals surface area contributed by atoms with Crippen LogP contribution in [0.5, 0.6) is 0 Å². The van der Waals surface area contributed by atoms with Crippen molar-refractivity contribution in [1.82, 2.24) is 10.2 Å². The highest BCUT2D eigenvalue weighted by Gasteiger charge is 2.20. The van der Waals surface area contributed by atoms with Crippen molar-refractivity contribution in [3.05, 3.63) is 40.5 Å². The van der Waals surface area contributed by atoms with E-state index in [2.05, 4.69) is 26.1 Å². The van der Waals surface area contributed by atoms with Crippen molar-refractivity contribution in [2.75, 3.05) is 4.72 Å². The fraction of sp³-hybridized carbons (Fsp3) is 0. The summed E-state index contributed by atoms with van der Waals surface area (Å²) in [6, 6.07) is 2.74. The first kappa shape index (κ1) is 13.0. The molecule has 0 aliphatic carbocycles. The fourth-order valence-corrected chi connectivity index (χ4v) is 2.86. The summed E-state index contributed by atoms with van der Waals surface area (Å²) in [5, 5.41) is 5.49. The van der Waals surface area contributed by atoms with Crippen LogP contribution in [-0.4, -0.2) is 18.6 Å². The lowest BCUT2D eigenvalue weighted by Gasteiger charge is -2.09. The number of benzene rings is 1. The topological polar surface area (TPSA) is 74.8 Å². The SMILES string of the molecule is O=S(=O)(Nc1c(F)cc(F)cc1Br)c1ccn[nH]1. The van der Waals surface area contributed by atoms with Crippen molar-refractivity contribution in [2.45, 2.75) is 5.03 Å². The minimum Gasteiger partial charge on any atom is -0.274 e. The maximum Gasteiger partial charge on any atom is 0.278 e. The molecule has 2 N–H and O–H groups in total. The molecular weight excluding hydrogens is 332 g/mol. The van der Waals surface area contributed by atoms with Crippen LogP contribution in [0.4, 0.5) is 14.5 Å². The lowest BCUT2D eigenvalue weighted by atomic mass is 10.3. The van der Waals surface area contributed by atoms with E-state index >= 15 is 0 Å². The van der Waals surface area contributed by atoms with Crippen molar-refractivity contribution in [3.8, 4) is 0 Å². The van der Waals surface area contributed by atoms with Gasteiger partial charge in [-0.2, -0.15) is 13.5 Å². The van der Waals surface area contributed by atoms with Gasteiger partial charge < -0.3 is 0 Å². The molecule has 1 aromatic heterocycles. The van der Waals surface area contributed by atoms with Gasteiger partial charge in [0.05, 0.1) is 11.9 Å². The van der Waals surface area contributed by atoms with Crippen molar-refractivity contribution in [3.63, 3.8) is 0 Å². The molecule has 96 valence electrons. The Kier molecular flexibility index (Phi) is 3.35. The average molecular weight is 338 g/mol.